The molecule has 1 aromatic carbocycles. The van der Waals surface area contributed by atoms with E-state index in [-0.39, 0.29) is 11.2 Å². The maximum Gasteiger partial charge on any atom is 0.215 e. The van der Waals surface area contributed by atoms with Crippen LogP contribution in [0.1, 0.15) is 44.7 Å². The van der Waals surface area contributed by atoms with Gasteiger partial charge in [-0.1, -0.05) is 45.0 Å². The molecule has 118 valence electrons. The van der Waals surface area contributed by atoms with Gasteiger partial charge in [0.15, 0.2) is 0 Å². The van der Waals surface area contributed by atoms with Crippen molar-refractivity contribution in [2.45, 2.75) is 52.0 Å². The molecule has 1 aliphatic rings. The van der Waals surface area contributed by atoms with E-state index in [0.717, 1.165) is 12.1 Å². The molecular formula is C16H26N2O2S. The van der Waals surface area contributed by atoms with Crippen molar-refractivity contribution >= 4 is 10.0 Å². The van der Waals surface area contributed by atoms with Crippen LogP contribution in [-0.4, -0.2) is 21.0 Å². The SMILES string of the molecule is CC(C)(C)CNS(=O)(=O)Cc1ccc(CNC2CC2)cc1. The molecule has 1 saturated carbocycles. The minimum Gasteiger partial charge on any atom is -0.310 e. The maximum atomic E-state index is 12.0. The van der Waals surface area contributed by atoms with Crippen LogP contribution in [-0.2, 0) is 22.3 Å². The first-order valence-electron chi connectivity index (χ1n) is 7.52. The fourth-order valence-corrected chi connectivity index (χ4v) is 3.29. The third-order valence-corrected chi connectivity index (χ3v) is 4.67. The van der Waals surface area contributed by atoms with E-state index in [1.54, 1.807) is 0 Å². The molecule has 0 aliphatic heterocycles. The van der Waals surface area contributed by atoms with Crippen molar-refractivity contribution in [1.29, 1.82) is 0 Å². The van der Waals surface area contributed by atoms with Crippen LogP contribution in [0.15, 0.2) is 24.3 Å². The molecule has 2 N–H and O–H groups in total. The Hall–Kier alpha value is -0.910. The highest BCUT2D eigenvalue weighted by Crippen LogP contribution is 2.19. The quantitative estimate of drug-likeness (QED) is 0.813. The van der Waals surface area contributed by atoms with E-state index in [4.69, 9.17) is 0 Å². The van der Waals surface area contributed by atoms with Gasteiger partial charge in [0.2, 0.25) is 10.0 Å². The van der Waals surface area contributed by atoms with Gasteiger partial charge in [-0.15, -0.1) is 0 Å². The van der Waals surface area contributed by atoms with E-state index in [1.165, 1.54) is 18.4 Å². The lowest BCUT2D eigenvalue weighted by molar-refractivity contribution is 0.407. The second-order valence-electron chi connectivity index (χ2n) is 7.11. The zero-order valence-corrected chi connectivity index (χ0v) is 14.0. The summed E-state index contributed by atoms with van der Waals surface area (Å²) in [4.78, 5) is 0. The molecule has 1 aromatic rings. The lowest BCUT2D eigenvalue weighted by Crippen LogP contribution is -2.33. The van der Waals surface area contributed by atoms with E-state index < -0.39 is 10.0 Å². The number of hydrogen-bond acceptors (Lipinski definition) is 3. The molecule has 0 unspecified atom stereocenters. The summed E-state index contributed by atoms with van der Waals surface area (Å²) >= 11 is 0. The Morgan fingerprint density at radius 1 is 1.10 bits per heavy atom. The van der Waals surface area contributed by atoms with Crippen LogP contribution in [0.2, 0.25) is 0 Å². The van der Waals surface area contributed by atoms with E-state index in [0.29, 0.717) is 12.6 Å². The zero-order chi connectivity index (χ0) is 15.5. The van der Waals surface area contributed by atoms with Gasteiger partial charge in [0, 0.05) is 19.1 Å². The normalized spacial score (nSPS) is 16.1. The van der Waals surface area contributed by atoms with E-state index in [2.05, 4.69) is 10.0 Å². The summed E-state index contributed by atoms with van der Waals surface area (Å²) in [6.45, 7) is 7.35. The maximum absolute atomic E-state index is 12.0. The lowest BCUT2D eigenvalue weighted by Gasteiger charge is -2.18. The van der Waals surface area contributed by atoms with E-state index >= 15 is 0 Å². The van der Waals surface area contributed by atoms with Gasteiger partial charge in [0.05, 0.1) is 5.75 Å². The molecule has 0 aromatic heterocycles. The van der Waals surface area contributed by atoms with Crippen molar-refractivity contribution in [3.8, 4) is 0 Å². The van der Waals surface area contributed by atoms with Crippen molar-refractivity contribution in [2.24, 2.45) is 5.41 Å². The highest BCUT2D eigenvalue weighted by atomic mass is 32.2. The predicted octanol–water partition coefficient (Wildman–Crippen LogP) is 2.40. The second-order valence-corrected chi connectivity index (χ2v) is 8.92. The van der Waals surface area contributed by atoms with Crippen molar-refractivity contribution in [1.82, 2.24) is 10.0 Å². The number of rotatable bonds is 7. The van der Waals surface area contributed by atoms with Crippen molar-refractivity contribution < 1.29 is 8.42 Å². The van der Waals surface area contributed by atoms with Crippen LogP contribution in [0.4, 0.5) is 0 Å². The molecule has 1 aliphatic carbocycles. The molecule has 0 radical (unpaired) electrons. The second kappa shape index (κ2) is 6.46. The highest BCUT2D eigenvalue weighted by molar-refractivity contribution is 7.88. The smallest absolute Gasteiger partial charge is 0.215 e. The van der Waals surface area contributed by atoms with Crippen LogP contribution in [0.3, 0.4) is 0 Å². The van der Waals surface area contributed by atoms with Crippen LogP contribution < -0.4 is 10.0 Å². The van der Waals surface area contributed by atoms with Crippen LogP contribution >= 0.6 is 0 Å². The third-order valence-electron chi connectivity index (χ3n) is 3.37. The molecule has 4 nitrogen and oxygen atoms in total. The summed E-state index contributed by atoms with van der Waals surface area (Å²) in [5.74, 6) is 0.0411. The molecule has 0 bridgehead atoms. The summed E-state index contributed by atoms with van der Waals surface area (Å²) in [6, 6.07) is 8.50. The van der Waals surface area contributed by atoms with Gasteiger partial charge in [0.1, 0.15) is 0 Å². The minimum atomic E-state index is -3.26. The average Bonchev–Trinajstić information content (AvgIpc) is 3.19. The first-order valence-corrected chi connectivity index (χ1v) is 9.17. The Balaban J connectivity index is 1.86. The van der Waals surface area contributed by atoms with Crippen LogP contribution in [0, 0.1) is 5.41 Å². The Labute approximate surface area is 128 Å². The standard InChI is InChI=1S/C16H26N2O2S/c1-16(2,3)12-18-21(19,20)11-14-6-4-13(5-7-14)10-17-15-8-9-15/h4-7,15,17-18H,8-12H2,1-3H3. The molecule has 2 rings (SSSR count). The molecule has 0 spiro atoms. The summed E-state index contributed by atoms with van der Waals surface area (Å²) in [5, 5.41) is 3.45. The van der Waals surface area contributed by atoms with Crippen LogP contribution in [0.25, 0.3) is 0 Å². The molecule has 1 fully saturated rings. The molecule has 0 amide bonds. The average molecular weight is 310 g/mol. The number of hydrogen-bond donors (Lipinski definition) is 2. The summed E-state index contributed by atoms with van der Waals surface area (Å²) < 4.78 is 26.7. The van der Waals surface area contributed by atoms with Crippen molar-refractivity contribution in [3.63, 3.8) is 0 Å². The molecule has 0 saturated heterocycles. The fraction of sp³-hybridized carbons (Fsp3) is 0.625. The molecular weight excluding hydrogens is 284 g/mol. The van der Waals surface area contributed by atoms with Crippen LogP contribution in [0.5, 0.6) is 0 Å². The van der Waals surface area contributed by atoms with E-state index in [9.17, 15) is 8.42 Å². The van der Waals surface area contributed by atoms with Gasteiger partial charge in [0.25, 0.3) is 0 Å². The molecule has 0 heterocycles. The Kier molecular flexibility index (Phi) is 5.07. The Morgan fingerprint density at radius 3 is 2.19 bits per heavy atom. The largest absolute Gasteiger partial charge is 0.310 e. The first kappa shape index (κ1) is 16.5. The van der Waals surface area contributed by atoms with Gasteiger partial charge in [-0.3, -0.25) is 0 Å². The van der Waals surface area contributed by atoms with E-state index in [1.807, 2.05) is 45.0 Å². The van der Waals surface area contributed by atoms with Gasteiger partial charge in [-0.2, -0.15) is 0 Å². The summed E-state index contributed by atoms with van der Waals surface area (Å²) in [7, 11) is -3.26. The van der Waals surface area contributed by atoms with Gasteiger partial charge < -0.3 is 5.32 Å². The van der Waals surface area contributed by atoms with Gasteiger partial charge >= 0.3 is 0 Å². The van der Waals surface area contributed by atoms with Gasteiger partial charge in [-0.25, -0.2) is 13.1 Å². The number of nitrogens with one attached hydrogen (secondary N) is 2. The molecule has 21 heavy (non-hydrogen) atoms. The predicted molar refractivity (Wildman–Crippen MR) is 86.4 cm³/mol. The van der Waals surface area contributed by atoms with Crippen molar-refractivity contribution in [3.05, 3.63) is 35.4 Å². The Bertz CT molecular complexity index is 555. The zero-order valence-electron chi connectivity index (χ0n) is 13.1. The fourth-order valence-electron chi connectivity index (χ4n) is 1.90. The lowest BCUT2D eigenvalue weighted by atomic mass is 9.98. The minimum absolute atomic E-state index is 0.0411. The topological polar surface area (TPSA) is 58.2 Å². The Morgan fingerprint density at radius 2 is 1.67 bits per heavy atom. The third kappa shape index (κ3) is 6.59. The highest BCUT2D eigenvalue weighted by Gasteiger charge is 2.20. The van der Waals surface area contributed by atoms with Gasteiger partial charge in [-0.05, 0) is 29.4 Å². The monoisotopic (exact) mass is 310 g/mol. The molecule has 0 atom stereocenters. The van der Waals surface area contributed by atoms with Crippen molar-refractivity contribution in [2.75, 3.05) is 6.54 Å². The first-order chi connectivity index (χ1) is 9.73. The summed E-state index contributed by atoms with van der Waals surface area (Å²) in [5.41, 5.74) is 1.98. The number of benzene rings is 1. The number of sulfonamides is 1. The summed E-state index contributed by atoms with van der Waals surface area (Å²) in [6.07, 6.45) is 2.55. The molecule has 5 heteroatoms.